The fourth-order valence-corrected chi connectivity index (χ4v) is 1.76. The van der Waals surface area contributed by atoms with Crippen LogP contribution in [0.3, 0.4) is 0 Å². The number of hydrogen-bond donors (Lipinski definition) is 0. The first-order valence-electron chi connectivity index (χ1n) is 2.89. The molecule has 2 heteroatoms. The summed E-state index contributed by atoms with van der Waals surface area (Å²) in [6.45, 7) is 2.11. The van der Waals surface area contributed by atoms with Crippen LogP contribution in [-0.4, -0.2) is 4.40 Å². The van der Waals surface area contributed by atoms with Crippen molar-refractivity contribution in [3.05, 3.63) is 29.4 Å². The largest absolute Gasteiger partial charge is 0.312 e. The molecule has 0 unspecified atom stereocenters. The van der Waals surface area contributed by atoms with Crippen LogP contribution in [0.2, 0.25) is 0 Å². The zero-order valence-corrected chi connectivity index (χ0v) is 5.98. The van der Waals surface area contributed by atoms with E-state index in [1.54, 1.807) is 11.3 Å². The van der Waals surface area contributed by atoms with Gasteiger partial charge in [-0.05, 0) is 19.1 Å². The van der Waals surface area contributed by atoms with Gasteiger partial charge in [0.15, 0.2) is 0 Å². The van der Waals surface area contributed by atoms with Crippen molar-refractivity contribution in [1.29, 1.82) is 0 Å². The predicted octanol–water partition coefficient (Wildman–Crippen LogP) is 2.31. The van der Waals surface area contributed by atoms with Crippen molar-refractivity contribution < 1.29 is 0 Å². The molecule has 0 saturated carbocycles. The number of hydrogen-bond acceptors (Lipinski definition) is 1. The van der Waals surface area contributed by atoms with Gasteiger partial charge in [0.05, 0.1) is 4.83 Å². The van der Waals surface area contributed by atoms with Gasteiger partial charge in [0.25, 0.3) is 0 Å². The Bertz CT molecular complexity index is 318. The van der Waals surface area contributed by atoms with E-state index in [0.29, 0.717) is 0 Å². The van der Waals surface area contributed by atoms with Gasteiger partial charge in [-0.2, -0.15) is 0 Å². The van der Waals surface area contributed by atoms with Crippen LogP contribution in [0.5, 0.6) is 0 Å². The molecule has 0 aliphatic heterocycles. The fraction of sp³-hybridized carbons (Fsp3) is 0.143. The van der Waals surface area contributed by atoms with E-state index < -0.39 is 0 Å². The van der Waals surface area contributed by atoms with Crippen molar-refractivity contribution in [2.45, 2.75) is 6.92 Å². The molecule has 1 nitrogen and oxygen atoms in total. The third-order valence-corrected chi connectivity index (χ3v) is 2.32. The third kappa shape index (κ3) is 0.598. The molecule has 0 atom stereocenters. The van der Waals surface area contributed by atoms with Gasteiger partial charge < -0.3 is 4.40 Å². The first-order valence-corrected chi connectivity index (χ1v) is 3.77. The van der Waals surface area contributed by atoms with E-state index in [-0.39, 0.29) is 0 Å². The lowest BCUT2D eigenvalue weighted by molar-refractivity contribution is 1.14. The highest BCUT2D eigenvalue weighted by Crippen LogP contribution is 2.14. The molecule has 9 heavy (non-hydrogen) atoms. The van der Waals surface area contributed by atoms with Crippen LogP contribution < -0.4 is 0 Å². The molecule has 0 fully saturated rings. The smallest absolute Gasteiger partial charge is 0.0992 e. The van der Waals surface area contributed by atoms with Crippen molar-refractivity contribution in [2.75, 3.05) is 0 Å². The second-order valence-electron chi connectivity index (χ2n) is 2.09. The van der Waals surface area contributed by atoms with E-state index >= 15 is 0 Å². The minimum absolute atomic E-state index is 1.31. The molecule has 0 saturated heterocycles. The van der Waals surface area contributed by atoms with E-state index in [1.165, 1.54) is 10.5 Å². The molecule has 0 aliphatic carbocycles. The Morgan fingerprint density at radius 1 is 1.44 bits per heavy atom. The minimum atomic E-state index is 1.31. The van der Waals surface area contributed by atoms with Gasteiger partial charge in [-0.25, -0.2) is 0 Å². The summed E-state index contributed by atoms with van der Waals surface area (Å²) in [7, 11) is 0. The molecule has 46 valence electrons. The normalized spacial score (nSPS) is 10.8. The van der Waals surface area contributed by atoms with Gasteiger partial charge in [-0.3, -0.25) is 0 Å². The lowest BCUT2D eigenvalue weighted by Gasteiger charge is -1.84. The highest BCUT2D eigenvalue weighted by molar-refractivity contribution is 7.15. The van der Waals surface area contributed by atoms with Gasteiger partial charge in [-0.15, -0.1) is 11.3 Å². The van der Waals surface area contributed by atoms with Crippen LogP contribution in [0.4, 0.5) is 0 Å². The summed E-state index contributed by atoms with van der Waals surface area (Å²) in [5.41, 5.74) is 1.31. The average Bonchev–Trinajstić information content (AvgIpc) is 2.35. The van der Waals surface area contributed by atoms with E-state index in [0.717, 1.165) is 0 Å². The molecule has 2 aromatic rings. The van der Waals surface area contributed by atoms with Gasteiger partial charge in [-0.1, -0.05) is 0 Å². The second kappa shape index (κ2) is 1.61. The molecular formula is C7H7NS. The molecule has 0 N–H and O–H groups in total. The van der Waals surface area contributed by atoms with Crippen LogP contribution in [0, 0.1) is 6.92 Å². The maximum atomic E-state index is 2.19. The third-order valence-electron chi connectivity index (χ3n) is 1.48. The number of rotatable bonds is 0. The van der Waals surface area contributed by atoms with Crippen molar-refractivity contribution in [3.8, 4) is 0 Å². The van der Waals surface area contributed by atoms with Crippen molar-refractivity contribution in [1.82, 2.24) is 4.40 Å². The monoisotopic (exact) mass is 137 g/mol. The summed E-state index contributed by atoms with van der Waals surface area (Å²) in [6.07, 6.45) is 2.09. The molecule has 2 heterocycles. The Balaban J connectivity index is 2.99. The number of nitrogens with zero attached hydrogens (tertiary/aromatic N) is 1. The molecule has 0 spiro atoms. The number of fused-ring (bicyclic) bond motifs is 1. The van der Waals surface area contributed by atoms with Gasteiger partial charge in [0.2, 0.25) is 0 Å². The van der Waals surface area contributed by atoms with Crippen molar-refractivity contribution >= 4 is 16.2 Å². The number of thiazole rings is 1. The van der Waals surface area contributed by atoms with Crippen molar-refractivity contribution in [3.63, 3.8) is 0 Å². The van der Waals surface area contributed by atoms with Crippen LogP contribution in [0.25, 0.3) is 4.83 Å². The fourth-order valence-electron chi connectivity index (χ4n) is 0.974. The second-order valence-corrected chi connectivity index (χ2v) is 3.01. The summed E-state index contributed by atoms with van der Waals surface area (Å²) in [5, 5.41) is 2.10. The molecule has 0 aliphatic rings. The lowest BCUT2D eigenvalue weighted by Crippen LogP contribution is -1.76. The number of aryl methyl sites for hydroxylation is 1. The molecule has 0 amide bonds. The molecule has 0 radical (unpaired) electrons. The molecule has 0 bridgehead atoms. The Labute approximate surface area is 57.6 Å². The maximum absolute atomic E-state index is 2.19. The zero-order chi connectivity index (χ0) is 6.27. The summed E-state index contributed by atoms with van der Waals surface area (Å²) in [4.78, 5) is 1.33. The van der Waals surface area contributed by atoms with Crippen molar-refractivity contribution in [2.24, 2.45) is 0 Å². The zero-order valence-electron chi connectivity index (χ0n) is 5.16. The molecule has 2 rings (SSSR count). The summed E-state index contributed by atoms with van der Waals surface area (Å²) in [6, 6.07) is 4.27. The Hall–Kier alpha value is -0.760. The molecule has 2 aromatic heterocycles. The molecule has 0 aromatic carbocycles. The Morgan fingerprint density at radius 3 is 3.11 bits per heavy atom. The van der Waals surface area contributed by atoms with Crippen LogP contribution >= 0.6 is 11.3 Å². The summed E-state index contributed by atoms with van der Waals surface area (Å²) in [5.74, 6) is 0. The van der Waals surface area contributed by atoms with E-state index in [1.807, 2.05) is 0 Å². The first kappa shape index (κ1) is 5.06. The lowest BCUT2D eigenvalue weighted by atomic mass is 10.5. The minimum Gasteiger partial charge on any atom is -0.312 e. The Kier molecular flexibility index (Phi) is 0.904. The van der Waals surface area contributed by atoms with Gasteiger partial charge in [0, 0.05) is 17.3 Å². The SMILES string of the molecule is Cc1ccc2sccn12. The van der Waals surface area contributed by atoms with E-state index in [4.69, 9.17) is 0 Å². The average molecular weight is 137 g/mol. The quantitative estimate of drug-likeness (QED) is 0.525. The summed E-state index contributed by atoms with van der Waals surface area (Å²) < 4.78 is 2.19. The van der Waals surface area contributed by atoms with E-state index in [2.05, 4.69) is 35.0 Å². The number of aromatic nitrogens is 1. The van der Waals surface area contributed by atoms with Crippen LogP contribution in [-0.2, 0) is 0 Å². The highest BCUT2D eigenvalue weighted by atomic mass is 32.1. The Morgan fingerprint density at radius 2 is 2.33 bits per heavy atom. The van der Waals surface area contributed by atoms with Gasteiger partial charge >= 0.3 is 0 Å². The predicted molar refractivity (Wildman–Crippen MR) is 40.0 cm³/mol. The highest BCUT2D eigenvalue weighted by Gasteiger charge is 1.94. The molecular weight excluding hydrogens is 130 g/mol. The van der Waals surface area contributed by atoms with Crippen LogP contribution in [0.1, 0.15) is 5.69 Å². The maximum Gasteiger partial charge on any atom is 0.0992 e. The van der Waals surface area contributed by atoms with Crippen LogP contribution in [0.15, 0.2) is 23.7 Å². The van der Waals surface area contributed by atoms with Gasteiger partial charge in [0.1, 0.15) is 0 Å². The van der Waals surface area contributed by atoms with E-state index in [9.17, 15) is 0 Å². The first-order chi connectivity index (χ1) is 4.38. The standard InChI is InChI=1S/C7H7NS/c1-6-2-3-7-8(6)4-5-9-7/h2-5H,1H3. The topological polar surface area (TPSA) is 4.41 Å². The summed E-state index contributed by atoms with van der Waals surface area (Å²) >= 11 is 1.77.